The van der Waals surface area contributed by atoms with Gasteiger partial charge in [-0.25, -0.2) is 18.1 Å². The van der Waals surface area contributed by atoms with Crippen LogP contribution in [0.25, 0.3) is 0 Å². The fraction of sp³-hybridized carbons (Fsp3) is 0.455. The normalized spacial score (nSPS) is 11.4. The molecule has 0 unspecified atom stereocenters. The van der Waals surface area contributed by atoms with E-state index in [0.29, 0.717) is 19.3 Å². The Bertz CT molecular complexity index is 533. The first-order chi connectivity index (χ1) is 8.93. The Hall–Kier alpha value is -1.18. The average molecular weight is 307 g/mol. The van der Waals surface area contributed by atoms with Gasteiger partial charge in [-0.15, -0.1) is 0 Å². The summed E-state index contributed by atoms with van der Waals surface area (Å²) in [5.74, 6) is -0.845. The molecule has 0 atom stereocenters. The Morgan fingerprint density at radius 2 is 2.11 bits per heavy atom. The number of carboxylic acids is 1. The maximum Gasteiger partial charge on any atom is 0.303 e. The number of carbonyl (C=O) groups is 1. The Morgan fingerprint density at radius 1 is 1.37 bits per heavy atom. The first kappa shape index (κ1) is 15.9. The predicted molar refractivity (Wildman–Crippen MR) is 70.5 cm³/mol. The highest BCUT2D eigenvalue weighted by Gasteiger charge is 2.17. The number of halogens is 1. The van der Waals surface area contributed by atoms with Gasteiger partial charge in [0.15, 0.2) is 0 Å². The number of aromatic nitrogens is 1. The largest absolute Gasteiger partial charge is 0.481 e. The third-order valence-electron chi connectivity index (χ3n) is 2.37. The SMILES string of the molecule is O=C(O)CCCCCNS(=O)(=O)c1cccnc1Cl. The molecule has 0 bridgehead atoms. The van der Waals surface area contributed by atoms with Crippen LogP contribution >= 0.6 is 11.6 Å². The van der Waals surface area contributed by atoms with E-state index < -0.39 is 16.0 Å². The lowest BCUT2D eigenvalue weighted by atomic mass is 10.2. The molecule has 1 heterocycles. The molecule has 0 aliphatic heterocycles. The second-order valence-electron chi connectivity index (χ2n) is 3.89. The van der Waals surface area contributed by atoms with E-state index in [9.17, 15) is 13.2 Å². The monoisotopic (exact) mass is 306 g/mol. The summed E-state index contributed by atoms with van der Waals surface area (Å²) in [4.78, 5) is 13.9. The lowest BCUT2D eigenvalue weighted by Crippen LogP contribution is -2.25. The molecule has 19 heavy (non-hydrogen) atoms. The van der Waals surface area contributed by atoms with Crippen LogP contribution in [0.5, 0.6) is 0 Å². The number of nitrogens with one attached hydrogen (secondary N) is 1. The van der Waals surface area contributed by atoms with Crippen molar-refractivity contribution >= 4 is 27.6 Å². The Morgan fingerprint density at radius 3 is 2.74 bits per heavy atom. The van der Waals surface area contributed by atoms with Gasteiger partial charge >= 0.3 is 5.97 Å². The van der Waals surface area contributed by atoms with Crippen molar-refractivity contribution in [2.24, 2.45) is 0 Å². The van der Waals surface area contributed by atoms with Gasteiger partial charge in [-0.1, -0.05) is 18.0 Å². The van der Waals surface area contributed by atoms with Gasteiger partial charge < -0.3 is 5.11 Å². The highest BCUT2D eigenvalue weighted by Crippen LogP contribution is 2.17. The summed E-state index contributed by atoms with van der Waals surface area (Å²) in [6.07, 6.45) is 3.26. The van der Waals surface area contributed by atoms with Crippen LogP contribution in [0.4, 0.5) is 0 Å². The minimum absolute atomic E-state index is 0.0535. The number of unbranched alkanes of at least 4 members (excludes halogenated alkanes) is 2. The van der Waals surface area contributed by atoms with Crippen LogP contribution < -0.4 is 4.72 Å². The molecule has 0 amide bonds. The van der Waals surface area contributed by atoms with E-state index in [1.807, 2.05) is 0 Å². The van der Waals surface area contributed by atoms with Crippen molar-refractivity contribution < 1.29 is 18.3 Å². The van der Waals surface area contributed by atoms with Crippen molar-refractivity contribution in [3.63, 3.8) is 0 Å². The average Bonchev–Trinajstić information content (AvgIpc) is 2.33. The van der Waals surface area contributed by atoms with Gasteiger partial charge in [0.1, 0.15) is 10.0 Å². The summed E-state index contributed by atoms with van der Waals surface area (Å²) in [5.41, 5.74) is 0. The minimum Gasteiger partial charge on any atom is -0.481 e. The van der Waals surface area contributed by atoms with Crippen molar-refractivity contribution in [1.82, 2.24) is 9.71 Å². The molecule has 0 radical (unpaired) electrons. The van der Waals surface area contributed by atoms with Gasteiger partial charge in [0.2, 0.25) is 10.0 Å². The topological polar surface area (TPSA) is 96.4 Å². The Balaban J connectivity index is 2.40. The number of hydrogen-bond donors (Lipinski definition) is 2. The summed E-state index contributed by atoms with van der Waals surface area (Å²) < 4.78 is 26.1. The molecular formula is C11H15ClN2O4S. The van der Waals surface area contributed by atoms with Crippen molar-refractivity contribution in [3.8, 4) is 0 Å². The number of aliphatic carboxylic acids is 1. The van der Waals surface area contributed by atoms with Crippen LogP contribution in [0, 0.1) is 0 Å². The molecule has 0 fully saturated rings. The van der Waals surface area contributed by atoms with Gasteiger partial charge in [0, 0.05) is 19.2 Å². The molecule has 8 heteroatoms. The molecule has 0 spiro atoms. The molecule has 0 saturated heterocycles. The predicted octanol–water partition coefficient (Wildman–Crippen LogP) is 1.66. The quantitative estimate of drug-likeness (QED) is 0.562. The number of pyridine rings is 1. The van der Waals surface area contributed by atoms with Gasteiger partial charge in [-0.2, -0.15) is 0 Å². The smallest absolute Gasteiger partial charge is 0.303 e. The number of sulfonamides is 1. The molecule has 0 aliphatic carbocycles. The Labute approximate surface area is 116 Å². The lowest BCUT2D eigenvalue weighted by Gasteiger charge is -2.07. The van der Waals surface area contributed by atoms with Crippen LogP contribution in [0.2, 0.25) is 5.15 Å². The van der Waals surface area contributed by atoms with Crippen molar-refractivity contribution in [2.75, 3.05) is 6.54 Å². The second-order valence-corrected chi connectivity index (χ2v) is 5.99. The van der Waals surface area contributed by atoms with Gasteiger partial charge in [0.05, 0.1) is 0 Å². The molecule has 0 aromatic carbocycles. The van der Waals surface area contributed by atoms with Crippen LogP contribution in [-0.2, 0) is 14.8 Å². The number of hydrogen-bond acceptors (Lipinski definition) is 4. The summed E-state index contributed by atoms with van der Waals surface area (Å²) in [6, 6.07) is 2.87. The van der Waals surface area contributed by atoms with Gasteiger partial charge in [-0.05, 0) is 25.0 Å². The summed E-state index contributed by atoms with van der Waals surface area (Å²) in [5, 5.41) is 8.38. The highest BCUT2D eigenvalue weighted by molar-refractivity contribution is 7.89. The van der Waals surface area contributed by atoms with Gasteiger partial charge in [0.25, 0.3) is 0 Å². The molecule has 106 valence electrons. The fourth-order valence-corrected chi connectivity index (χ4v) is 2.96. The summed E-state index contributed by atoms with van der Waals surface area (Å²) in [7, 11) is -3.66. The van der Waals surface area contributed by atoms with E-state index >= 15 is 0 Å². The van der Waals surface area contributed by atoms with E-state index in [4.69, 9.17) is 16.7 Å². The summed E-state index contributed by atoms with van der Waals surface area (Å²) in [6.45, 7) is 0.243. The molecule has 2 N–H and O–H groups in total. The van der Waals surface area contributed by atoms with Crippen LogP contribution in [0.3, 0.4) is 0 Å². The van der Waals surface area contributed by atoms with Crippen LogP contribution in [0.15, 0.2) is 23.2 Å². The van der Waals surface area contributed by atoms with E-state index in [2.05, 4.69) is 9.71 Å². The molecule has 1 aromatic rings. The first-order valence-corrected chi connectivity index (χ1v) is 7.61. The summed E-state index contributed by atoms with van der Waals surface area (Å²) >= 11 is 5.71. The Kier molecular flexibility index (Phi) is 6.20. The molecule has 6 nitrogen and oxygen atoms in total. The zero-order valence-corrected chi connectivity index (χ0v) is 11.7. The van der Waals surface area contributed by atoms with Crippen LogP contribution in [-0.4, -0.2) is 31.0 Å². The maximum absolute atomic E-state index is 11.9. The maximum atomic E-state index is 11.9. The molecule has 0 aliphatic rings. The van der Waals surface area contributed by atoms with E-state index in [1.165, 1.54) is 18.3 Å². The third kappa shape index (κ3) is 5.54. The zero-order chi connectivity index (χ0) is 14.3. The number of carboxylic acid groups (broad SMARTS) is 1. The standard InChI is InChI=1S/C11H15ClN2O4S/c12-11-9(5-4-7-13-11)19(17,18)14-8-3-1-2-6-10(15)16/h4-5,7,14H,1-3,6,8H2,(H,15,16). The van der Waals surface area contributed by atoms with Crippen LogP contribution in [0.1, 0.15) is 25.7 Å². The number of rotatable bonds is 8. The van der Waals surface area contributed by atoms with E-state index in [-0.39, 0.29) is 23.0 Å². The fourth-order valence-electron chi connectivity index (χ4n) is 1.43. The highest BCUT2D eigenvalue weighted by atomic mass is 35.5. The molecular weight excluding hydrogens is 292 g/mol. The third-order valence-corrected chi connectivity index (χ3v) is 4.28. The second kappa shape index (κ2) is 7.42. The first-order valence-electron chi connectivity index (χ1n) is 5.75. The molecule has 0 saturated carbocycles. The lowest BCUT2D eigenvalue weighted by molar-refractivity contribution is -0.137. The number of nitrogens with zero attached hydrogens (tertiary/aromatic N) is 1. The molecule has 1 aromatic heterocycles. The van der Waals surface area contributed by atoms with E-state index in [1.54, 1.807) is 0 Å². The minimum atomic E-state index is -3.66. The molecule has 1 rings (SSSR count). The van der Waals surface area contributed by atoms with Crippen molar-refractivity contribution in [3.05, 3.63) is 23.5 Å². The van der Waals surface area contributed by atoms with E-state index in [0.717, 1.165) is 0 Å². The van der Waals surface area contributed by atoms with Crippen molar-refractivity contribution in [1.29, 1.82) is 0 Å². The van der Waals surface area contributed by atoms with Gasteiger partial charge in [-0.3, -0.25) is 4.79 Å². The zero-order valence-electron chi connectivity index (χ0n) is 10.2. The van der Waals surface area contributed by atoms with Crippen molar-refractivity contribution in [2.45, 2.75) is 30.6 Å².